The smallest absolute Gasteiger partial charge is 0.0492 e. The van der Waals surface area contributed by atoms with Gasteiger partial charge in [0.1, 0.15) is 0 Å². The Hall–Kier alpha value is -1.25. The maximum Gasteiger partial charge on any atom is 0.0492 e. The van der Waals surface area contributed by atoms with E-state index >= 15 is 0 Å². The molecule has 20 heavy (non-hydrogen) atoms. The van der Waals surface area contributed by atoms with Crippen LogP contribution in [0.15, 0.2) is 47.4 Å². The molecule has 0 spiro atoms. The van der Waals surface area contributed by atoms with Crippen LogP contribution in [-0.4, -0.2) is 6.04 Å². The van der Waals surface area contributed by atoms with Crippen molar-refractivity contribution in [1.82, 2.24) is 0 Å². The lowest BCUT2D eigenvalue weighted by Crippen LogP contribution is -2.22. The Bertz CT molecular complexity index is 590. The Kier molecular flexibility index (Phi) is 4.90. The molecule has 0 saturated carbocycles. The standard InChI is InChI=1S/C18H23NS/c1-12-6-5-7-16(10-12)18(15(4)19)20-17-9-8-13(2)14(3)11-17/h5-11,15,18H,19H2,1-4H3. The monoisotopic (exact) mass is 285 g/mol. The van der Waals surface area contributed by atoms with Gasteiger partial charge in [-0.15, -0.1) is 11.8 Å². The van der Waals surface area contributed by atoms with Crippen LogP contribution in [0.2, 0.25) is 0 Å². The van der Waals surface area contributed by atoms with Gasteiger partial charge >= 0.3 is 0 Å². The summed E-state index contributed by atoms with van der Waals surface area (Å²) in [6, 6.07) is 15.4. The van der Waals surface area contributed by atoms with Crippen LogP contribution < -0.4 is 5.73 Å². The van der Waals surface area contributed by atoms with Crippen LogP contribution in [0.1, 0.15) is 34.4 Å². The number of nitrogens with two attached hydrogens (primary N) is 1. The van der Waals surface area contributed by atoms with Gasteiger partial charge in [0.15, 0.2) is 0 Å². The van der Waals surface area contributed by atoms with Crippen molar-refractivity contribution in [2.45, 2.75) is 43.9 Å². The van der Waals surface area contributed by atoms with Gasteiger partial charge in [0.25, 0.3) is 0 Å². The highest BCUT2D eigenvalue weighted by Crippen LogP contribution is 2.37. The lowest BCUT2D eigenvalue weighted by Gasteiger charge is -2.21. The third-order valence-corrected chi connectivity index (χ3v) is 5.07. The van der Waals surface area contributed by atoms with E-state index in [1.54, 1.807) is 0 Å². The third-order valence-electron chi connectivity index (χ3n) is 3.59. The van der Waals surface area contributed by atoms with Crippen molar-refractivity contribution < 1.29 is 0 Å². The first-order valence-electron chi connectivity index (χ1n) is 7.03. The minimum Gasteiger partial charge on any atom is -0.327 e. The van der Waals surface area contributed by atoms with E-state index in [0.29, 0.717) is 0 Å². The molecular weight excluding hydrogens is 262 g/mol. The highest BCUT2D eigenvalue weighted by Gasteiger charge is 2.18. The molecule has 0 amide bonds. The molecule has 0 bridgehead atoms. The maximum absolute atomic E-state index is 6.21. The molecule has 2 aromatic carbocycles. The van der Waals surface area contributed by atoms with Crippen molar-refractivity contribution in [2.24, 2.45) is 5.73 Å². The number of hydrogen-bond donors (Lipinski definition) is 1. The SMILES string of the molecule is Cc1cccc(C(Sc2ccc(C)c(C)c2)C(C)N)c1. The van der Waals surface area contributed by atoms with E-state index in [2.05, 4.69) is 70.2 Å². The molecule has 2 N–H and O–H groups in total. The highest BCUT2D eigenvalue weighted by atomic mass is 32.2. The molecule has 0 saturated heterocycles. The van der Waals surface area contributed by atoms with Gasteiger partial charge in [0.05, 0.1) is 0 Å². The minimum atomic E-state index is 0.114. The lowest BCUT2D eigenvalue weighted by atomic mass is 10.0. The Morgan fingerprint density at radius 2 is 1.70 bits per heavy atom. The minimum absolute atomic E-state index is 0.114. The number of benzene rings is 2. The number of rotatable bonds is 4. The van der Waals surface area contributed by atoms with Crippen LogP contribution in [0, 0.1) is 20.8 Å². The Morgan fingerprint density at radius 3 is 2.30 bits per heavy atom. The van der Waals surface area contributed by atoms with Crippen molar-refractivity contribution in [3.8, 4) is 0 Å². The number of aryl methyl sites for hydroxylation is 3. The summed E-state index contributed by atoms with van der Waals surface area (Å²) in [7, 11) is 0. The van der Waals surface area contributed by atoms with Gasteiger partial charge in [0.2, 0.25) is 0 Å². The predicted octanol–water partition coefficient (Wildman–Crippen LogP) is 4.79. The van der Waals surface area contributed by atoms with Crippen molar-refractivity contribution >= 4 is 11.8 Å². The first kappa shape index (κ1) is 15.1. The van der Waals surface area contributed by atoms with E-state index in [4.69, 9.17) is 5.73 Å². The van der Waals surface area contributed by atoms with E-state index in [0.717, 1.165) is 0 Å². The van der Waals surface area contributed by atoms with Gasteiger partial charge < -0.3 is 5.73 Å². The van der Waals surface area contributed by atoms with E-state index in [-0.39, 0.29) is 11.3 Å². The first-order valence-corrected chi connectivity index (χ1v) is 7.91. The predicted molar refractivity (Wildman–Crippen MR) is 89.3 cm³/mol. The summed E-state index contributed by atoms with van der Waals surface area (Å²) in [4.78, 5) is 1.29. The maximum atomic E-state index is 6.21. The quantitative estimate of drug-likeness (QED) is 0.817. The second kappa shape index (κ2) is 6.47. The summed E-state index contributed by atoms with van der Waals surface area (Å²) in [6.07, 6.45) is 0. The molecule has 0 radical (unpaired) electrons. The molecular formula is C18H23NS. The van der Waals surface area contributed by atoms with Gasteiger partial charge in [-0.3, -0.25) is 0 Å². The fourth-order valence-corrected chi connectivity index (χ4v) is 3.44. The van der Waals surface area contributed by atoms with Gasteiger partial charge in [0, 0.05) is 16.2 Å². The second-order valence-electron chi connectivity index (χ2n) is 5.56. The normalized spacial score (nSPS) is 14.1. The second-order valence-corrected chi connectivity index (χ2v) is 6.77. The molecule has 2 heteroatoms. The highest BCUT2D eigenvalue weighted by molar-refractivity contribution is 7.99. The molecule has 0 aliphatic rings. The van der Waals surface area contributed by atoms with E-state index in [9.17, 15) is 0 Å². The van der Waals surface area contributed by atoms with Crippen LogP contribution >= 0.6 is 11.8 Å². The first-order chi connectivity index (χ1) is 9.47. The molecule has 0 aliphatic carbocycles. The third kappa shape index (κ3) is 3.65. The van der Waals surface area contributed by atoms with Crippen molar-refractivity contribution in [2.75, 3.05) is 0 Å². The van der Waals surface area contributed by atoms with Crippen LogP contribution in [0.4, 0.5) is 0 Å². The zero-order valence-corrected chi connectivity index (χ0v) is 13.5. The van der Waals surface area contributed by atoms with Crippen molar-refractivity contribution in [3.05, 3.63) is 64.7 Å². The van der Waals surface area contributed by atoms with Crippen LogP contribution in [0.25, 0.3) is 0 Å². The molecule has 0 heterocycles. The van der Waals surface area contributed by atoms with E-state index in [1.807, 2.05) is 11.8 Å². The van der Waals surface area contributed by atoms with Gasteiger partial charge in [-0.05, 0) is 56.5 Å². The zero-order valence-electron chi connectivity index (χ0n) is 12.7. The molecule has 1 nitrogen and oxygen atoms in total. The molecule has 0 fully saturated rings. The van der Waals surface area contributed by atoms with Gasteiger partial charge in [-0.2, -0.15) is 0 Å². The fraction of sp³-hybridized carbons (Fsp3) is 0.333. The topological polar surface area (TPSA) is 26.0 Å². The van der Waals surface area contributed by atoms with Gasteiger partial charge in [-0.25, -0.2) is 0 Å². The van der Waals surface area contributed by atoms with Crippen molar-refractivity contribution in [3.63, 3.8) is 0 Å². The summed E-state index contributed by atoms with van der Waals surface area (Å²) in [6.45, 7) is 8.52. The van der Waals surface area contributed by atoms with Crippen LogP contribution in [0.5, 0.6) is 0 Å². The van der Waals surface area contributed by atoms with E-state index in [1.165, 1.54) is 27.1 Å². The Balaban J connectivity index is 2.28. The number of hydrogen-bond acceptors (Lipinski definition) is 2. The van der Waals surface area contributed by atoms with Gasteiger partial charge in [-0.1, -0.05) is 35.9 Å². The molecule has 0 aromatic heterocycles. The molecule has 106 valence electrons. The zero-order chi connectivity index (χ0) is 14.7. The summed E-state index contributed by atoms with van der Waals surface area (Å²) >= 11 is 1.86. The molecule has 2 rings (SSSR count). The van der Waals surface area contributed by atoms with Crippen LogP contribution in [0.3, 0.4) is 0 Å². The molecule has 0 aliphatic heterocycles. The molecule has 2 unspecified atom stereocenters. The van der Waals surface area contributed by atoms with Crippen LogP contribution in [-0.2, 0) is 0 Å². The average molecular weight is 285 g/mol. The van der Waals surface area contributed by atoms with E-state index < -0.39 is 0 Å². The molecule has 2 aromatic rings. The largest absolute Gasteiger partial charge is 0.327 e. The Morgan fingerprint density at radius 1 is 0.950 bits per heavy atom. The molecule has 2 atom stereocenters. The average Bonchev–Trinajstić information content (AvgIpc) is 2.39. The Labute approximate surface area is 126 Å². The van der Waals surface area contributed by atoms with Crippen molar-refractivity contribution in [1.29, 1.82) is 0 Å². The number of thioether (sulfide) groups is 1. The fourth-order valence-electron chi connectivity index (χ4n) is 2.26. The summed E-state index contributed by atoms with van der Waals surface area (Å²) in [5.41, 5.74) is 11.5. The lowest BCUT2D eigenvalue weighted by molar-refractivity contribution is 0.721. The summed E-state index contributed by atoms with van der Waals surface area (Å²) in [5.74, 6) is 0. The summed E-state index contributed by atoms with van der Waals surface area (Å²) in [5, 5.41) is 0.289. The summed E-state index contributed by atoms with van der Waals surface area (Å²) < 4.78 is 0.